The van der Waals surface area contributed by atoms with Gasteiger partial charge in [0.1, 0.15) is 17.8 Å². The van der Waals surface area contributed by atoms with E-state index in [4.69, 9.17) is 21.1 Å². The quantitative estimate of drug-likeness (QED) is 0.857. The van der Waals surface area contributed by atoms with Crippen LogP contribution in [0.3, 0.4) is 0 Å². The molecule has 138 valence electrons. The van der Waals surface area contributed by atoms with Gasteiger partial charge < -0.3 is 14.8 Å². The van der Waals surface area contributed by atoms with E-state index < -0.39 is 11.6 Å². The third-order valence-corrected chi connectivity index (χ3v) is 5.21. The average Bonchev–Trinajstić information content (AvgIpc) is 2.60. The summed E-state index contributed by atoms with van der Waals surface area (Å²) in [7, 11) is 0. The van der Waals surface area contributed by atoms with Crippen LogP contribution in [0.5, 0.6) is 5.75 Å². The first kappa shape index (κ1) is 17.7. The molecule has 2 heterocycles. The zero-order valence-corrected chi connectivity index (χ0v) is 15.6. The first-order chi connectivity index (χ1) is 12.5. The van der Waals surface area contributed by atoms with Crippen LogP contribution in [-0.4, -0.2) is 30.6 Å². The molecule has 1 saturated heterocycles. The van der Waals surface area contributed by atoms with Crippen molar-refractivity contribution in [3.63, 3.8) is 0 Å². The van der Waals surface area contributed by atoms with Crippen LogP contribution in [0, 0.1) is 5.82 Å². The Balaban J connectivity index is 1.75. The normalized spacial score (nSPS) is 29.1. The maximum Gasteiger partial charge on any atom is 0.239 e. The molecular weight excluding hydrogens is 355 g/mol. The Morgan fingerprint density at radius 2 is 2.08 bits per heavy atom. The molecule has 0 aromatic heterocycles. The first-order valence-electron chi connectivity index (χ1n) is 8.85. The maximum atomic E-state index is 14.6. The molecule has 2 aliphatic rings. The standard InChI is InChI=1S/C20H22ClFN2O2/c1-13-12-24(10-9-23-13)19-15-5-3-4-6-18(15)25-20(2,26-19)16-8-7-14(21)11-17(16)22/h3-8,11,13,19,23H,9-10,12H2,1-2H3/t13-,19?,20?/m0/s1. The van der Waals surface area contributed by atoms with Crippen molar-refractivity contribution in [3.05, 3.63) is 64.4 Å². The van der Waals surface area contributed by atoms with Crippen molar-refractivity contribution in [3.8, 4) is 5.75 Å². The number of fused-ring (bicyclic) bond motifs is 1. The largest absolute Gasteiger partial charge is 0.458 e. The average molecular weight is 377 g/mol. The molecule has 2 aromatic rings. The van der Waals surface area contributed by atoms with E-state index in [1.807, 2.05) is 24.3 Å². The van der Waals surface area contributed by atoms with Crippen molar-refractivity contribution in [2.24, 2.45) is 0 Å². The zero-order valence-electron chi connectivity index (χ0n) is 14.8. The fourth-order valence-corrected chi connectivity index (χ4v) is 3.87. The lowest BCUT2D eigenvalue weighted by Gasteiger charge is -2.46. The van der Waals surface area contributed by atoms with Crippen molar-refractivity contribution in [1.82, 2.24) is 10.2 Å². The second-order valence-electron chi connectivity index (χ2n) is 7.03. The van der Waals surface area contributed by atoms with Gasteiger partial charge in [-0.05, 0) is 31.2 Å². The van der Waals surface area contributed by atoms with Gasteiger partial charge in [-0.3, -0.25) is 4.90 Å². The summed E-state index contributed by atoms with van der Waals surface area (Å²) in [4.78, 5) is 2.27. The molecule has 0 spiro atoms. The molecule has 0 aliphatic carbocycles. The molecule has 4 rings (SSSR count). The number of ether oxygens (including phenoxy) is 2. The minimum absolute atomic E-state index is 0.301. The number of hydrogen-bond acceptors (Lipinski definition) is 4. The zero-order chi connectivity index (χ0) is 18.3. The summed E-state index contributed by atoms with van der Waals surface area (Å²) < 4.78 is 27.1. The SMILES string of the molecule is C[C@H]1CN(C2OC(C)(c3ccc(Cl)cc3F)Oc3ccccc32)CCN1. The molecule has 1 fully saturated rings. The lowest BCUT2D eigenvalue weighted by atomic mass is 10.0. The van der Waals surface area contributed by atoms with E-state index >= 15 is 0 Å². The van der Waals surface area contributed by atoms with Crippen LogP contribution in [0.25, 0.3) is 0 Å². The summed E-state index contributed by atoms with van der Waals surface area (Å²) >= 11 is 5.91. The molecule has 0 amide bonds. The summed E-state index contributed by atoms with van der Waals surface area (Å²) in [6.07, 6.45) is -0.301. The molecule has 2 aliphatic heterocycles. The van der Waals surface area contributed by atoms with Crippen molar-refractivity contribution >= 4 is 11.6 Å². The van der Waals surface area contributed by atoms with Gasteiger partial charge in [-0.1, -0.05) is 29.8 Å². The minimum atomic E-state index is -1.23. The van der Waals surface area contributed by atoms with Crippen LogP contribution in [0.4, 0.5) is 4.39 Å². The highest BCUT2D eigenvalue weighted by molar-refractivity contribution is 6.30. The van der Waals surface area contributed by atoms with E-state index in [1.165, 1.54) is 6.07 Å². The number of para-hydroxylation sites is 1. The Morgan fingerprint density at radius 1 is 1.27 bits per heavy atom. The Kier molecular flexibility index (Phi) is 4.65. The number of nitrogens with one attached hydrogen (secondary N) is 1. The topological polar surface area (TPSA) is 33.7 Å². The fraction of sp³-hybridized carbons (Fsp3) is 0.400. The maximum absolute atomic E-state index is 14.6. The second kappa shape index (κ2) is 6.82. The van der Waals surface area contributed by atoms with E-state index in [0.717, 1.165) is 25.2 Å². The van der Waals surface area contributed by atoms with Gasteiger partial charge in [0, 0.05) is 43.2 Å². The number of piperazine rings is 1. The van der Waals surface area contributed by atoms with Crippen LogP contribution < -0.4 is 10.1 Å². The Labute approximate surface area is 157 Å². The molecule has 1 N–H and O–H groups in total. The van der Waals surface area contributed by atoms with Crippen LogP contribution in [0.15, 0.2) is 42.5 Å². The molecule has 0 radical (unpaired) electrons. The number of benzene rings is 2. The van der Waals surface area contributed by atoms with Crippen molar-refractivity contribution in [2.45, 2.75) is 31.9 Å². The van der Waals surface area contributed by atoms with E-state index in [1.54, 1.807) is 19.1 Å². The number of rotatable bonds is 2. The molecule has 0 saturated carbocycles. The van der Waals surface area contributed by atoms with Gasteiger partial charge in [-0.25, -0.2) is 4.39 Å². The van der Waals surface area contributed by atoms with Gasteiger partial charge >= 0.3 is 0 Å². The smallest absolute Gasteiger partial charge is 0.239 e. The third-order valence-electron chi connectivity index (χ3n) is 4.98. The number of hydrogen-bond donors (Lipinski definition) is 1. The van der Waals surface area contributed by atoms with Crippen molar-refractivity contribution in [2.75, 3.05) is 19.6 Å². The van der Waals surface area contributed by atoms with Gasteiger partial charge in [0.05, 0.1) is 5.56 Å². The summed E-state index contributed by atoms with van der Waals surface area (Å²) in [5.41, 5.74) is 1.30. The lowest BCUT2D eigenvalue weighted by Crippen LogP contribution is -2.53. The van der Waals surface area contributed by atoms with Crippen LogP contribution in [0.2, 0.25) is 5.02 Å². The molecule has 2 unspecified atom stereocenters. The highest BCUT2D eigenvalue weighted by Gasteiger charge is 2.44. The van der Waals surface area contributed by atoms with E-state index in [-0.39, 0.29) is 6.23 Å². The Morgan fingerprint density at radius 3 is 2.85 bits per heavy atom. The van der Waals surface area contributed by atoms with Crippen LogP contribution >= 0.6 is 11.6 Å². The predicted octanol–water partition coefficient (Wildman–Crippen LogP) is 4.05. The summed E-state index contributed by atoms with van der Waals surface area (Å²) in [5.74, 6) is -0.958. The summed E-state index contributed by atoms with van der Waals surface area (Å²) in [6.45, 7) is 6.49. The van der Waals surface area contributed by atoms with Gasteiger partial charge in [-0.15, -0.1) is 0 Å². The molecule has 6 heteroatoms. The Bertz CT molecular complexity index is 818. The highest BCUT2D eigenvalue weighted by atomic mass is 35.5. The monoisotopic (exact) mass is 376 g/mol. The van der Waals surface area contributed by atoms with Gasteiger partial charge in [0.15, 0.2) is 0 Å². The number of nitrogens with zero attached hydrogens (tertiary/aromatic N) is 1. The third kappa shape index (κ3) is 3.21. The van der Waals surface area contributed by atoms with E-state index in [0.29, 0.717) is 22.4 Å². The van der Waals surface area contributed by atoms with Gasteiger partial charge in [-0.2, -0.15) is 0 Å². The van der Waals surface area contributed by atoms with Crippen molar-refractivity contribution in [1.29, 1.82) is 0 Å². The minimum Gasteiger partial charge on any atom is -0.458 e. The Hall–Kier alpha value is -1.66. The number of halogens is 2. The molecule has 26 heavy (non-hydrogen) atoms. The summed E-state index contributed by atoms with van der Waals surface area (Å²) in [6, 6.07) is 12.7. The first-order valence-corrected chi connectivity index (χ1v) is 9.23. The van der Waals surface area contributed by atoms with Crippen LogP contribution in [0.1, 0.15) is 31.2 Å². The molecule has 2 aromatic carbocycles. The summed E-state index contributed by atoms with van der Waals surface area (Å²) in [5, 5.41) is 3.79. The fourth-order valence-electron chi connectivity index (χ4n) is 3.71. The highest BCUT2D eigenvalue weighted by Crippen LogP contribution is 2.45. The van der Waals surface area contributed by atoms with Crippen molar-refractivity contribution < 1.29 is 13.9 Å². The molecule has 4 nitrogen and oxygen atoms in total. The van der Waals surface area contributed by atoms with Crippen LogP contribution in [-0.2, 0) is 10.5 Å². The van der Waals surface area contributed by atoms with E-state index in [2.05, 4.69) is 17.1 Å². The predicted molar refractivity (Wildman–Crippen MR) is 98.7 cm³/mol. The molecule has 0 bridgehead atoms. The second-order valence-corrected chi connectivity index (χ2v) is 7.47. The van der Waals surface area contributed by atoms with Gasteiger partial charge in [0.25, 0.3) is 0 Å². The molecular formula is C20H22ClFN2O2. The molecule has 3 atom stereocenters. The van der Waals surface area contributed by atoms with E-state index in [9.17, 15) is 4.39 Å². The van der Waals surface area contributed by atoms with Gasteiger partial charge in [0.2, 0.25) is 5.79 Å². The lowest BCUT2D eigenvalue weighted by molar-refractivity contribution is -0.266.